The summed E-state index contributed by atoms with van der Waals surface area (Å²) in [6, 6.07) is 0. The Kier molecular flexibility index (Phi) is 3.83. The minimum atomic E-state index is -0.416. The predicted octanol–water partition coefficient (Wildman–Crippen LogP) is 0.632. The second kappa shape index (κ2) is 5.14. The Morgan fingerprint density at radius 3 is 2.93 bits per heavy atom. The molecule has 2 rings (SSSR count). The van der Waals surface area contributed by atoms with Crippen LogP contribution in [0.2, 0.25) is 0 Å². The largest absolute Gasteiger partial charge is 0.376 e. The van der Waals surface area contributed by atoms with E-state index in [1.165, 1.54) is 0 Å². The van der Waals surface area contributed by atoms with Crippen molar-refractivity contribution in [3.8, 4) is 0 Å². The number of halogens is 1. The van der Waals surface area contributed by atoms with Crippen LogP contribution in [0.1, 0.15) is 12.8 Å². The quantitative estimate of drug-likeness (QED) is 0.624. The molecule has 2 aliphatic rings. The molecule has 0 radical (unpaired) electrons. The van der Waals surface area contributed by atoms with Crippen LogP contribution in [0.5, 0.6) is 0 Å². The monoisotopic (exact) mass is 233 g/mol. The molecule has 2 fully saturated rings. The van der Waals surface area contributed by atoms with E-state index in [1.807, 2.05) is 0 Å². The van der Waals surface area contributed by atoms with Crippen molar-refractivity contribution >= 4 is 17.5 Å². The van der Waals surface area contributed by atoms with Crippen LogP contribution in [-0.4, -0.2) is 55.2 Å². The Hall–Kier alpha value is -0.320. The number of alkyl halides is 1. The molecule has 15 heavy (non-hydrogen) atoms. The third-order valence-corrected chi connectivity index (χ3v) is 3.12. The molecule has 0 aromatic rings. The number of amides is 1. The zero-order valence-electron chi connectivity index (χ0n) is 8.65. The van der Waals surface area contributed by atoms with Gasteiger partial charge in [0, 0.05) is 13.1 Å². The zero-order chi connectivity index (χ0) is 10.7. The molecule has 2 saturated heterocycles. The molecule has 0 N–H and O–H groups in total. The van der Waals surface area contributed by atoms with Crippen LogP contribution in [0.15, 0.2) is 0 Å². The van der Waals surface area contributed by atoms with Crippen molar-refractivity contribution in [1.29, 1.82) is 0 Å². The normalized spacial score (nSPS) is 32.7. The van der Waals surface area contributed by atoms with Crippen LogP contribution in [-0.2, 0) is 14.3 Å². The van der Waals surface area contributed by atoms with Gasteiger partial charge in [0.25, 0.3) is 5.91 Å². The standard InChI is InChI=1S/C10H16ClNO3/c11-8-2-1-3-12(6-8)10(13)9-7-14-4-5-15-9/h8-9H,1-7H2. The zero-order valence-corrected chi connectivity index (χ0v) is 9.41. The maximum Gasteiger partial charge on any atom is 0.254 e. The molecule has 0 aromatic heterocycles. The van der Waals surface area contributed by atoms with E-state index in [1.54, 1.807) is 4.90 Å². The lowest BCUT2D eigenvalue weighted by molar-refractivity contribution is -0.158. The first kappa shape index (κ1) is 11.2. The highest BCUT2D eigenvalue weighted by Gasteiger charge is 2.30. The molecule has 0 saturated carbocycles. The minimum Gasteiger partial charge on any atom is -0.376 e. The summed E-state index contributed by atoms with van der Waals surface area (Å²) in [4.78, 5) is 13.8. The van der Waals surface area contributed by atoms with E-state index in [9.17, 15) is 4.79 Å². The Labute approximate surface area is 94.5 Å². The maximum absolute atomic E-state index is 12.0. The van der Waals surface area contributed by atoms with E-state index in [0.29, 0.717) is 26.4 Å². The van der Waals surface area contributed by atoms with Gasteiger partial charge >= 0.3 is 0 Å². The predicted molar refractivity (Wildman–Crippen MR) is 56.0 cm³/mol. The SMILES string of the molecule is O=C(C1COCCO1)N1CCCC(Cl)C1. The van der Waals surface area contributed by atoms with E-state index in [2.05, 4.69) is 0 Å². The second-order valence-electron chi connectivity index (χ2n) is 3.96. The fraction of sp³-hybridized carbons (Fsp3) is 0.900. The van der Waals surface area contributed by atoms with Crippen molar-refractivity contribution in [3.05, 3.63) is 0 Å². The fourth-order valence-corrected chi connectivity index (χ4v) is 2.28. The smallest absolute Gasteiger partial charge is 0.254 e. The van der Waals surface area contributed by atoms with Gasteiger partial charge in [-0.2, -0.15) is 0 Å². The van der Waals surface area contributed by atoms with Gasteiger partial charge in [-0.3, -0.25) is 4.79 Å². The molecular formula is C10H16ClNO3. The van der Waals surface area contributed by atoms with Crippen LogP contribution in [0.4, 0.5) is 0 Å². The van der Waals surface area contributed by atoms with Gasteiger partial charge in [0.1, 0.15) is 0 Å². The molecule has 0 aliphatic carbocycles. The molecule has 0 bridgehead atoms. The summed E-state index contributed by atoms with van der Waals surface area (Å²) in [6.07, 6.45) is 1.56. The molecular weight excluding hydrogens is 218 g/mol. The summed E-state index contributed by atoms with van der Waals surface area (Å²) in [7, 11) is 0. The van der Waals surface area contributed by atoms with Crippen molar-refractivity contribution in [1.82, 2.24) is 4.90 Å². The van der Waals surface area contributed by atoms with Crippen molar-refractivity contribution < 1.29 is 14.3 Å². The number of nitrogens with zero attached hydrogens (tertiary/aromatic N) is 1. The van der Waals surface area contributed by atoms with E-state index in [0.717, 1.165) is 19.4 Å². The number of hydrogen-bond acceptors (Lipinski definition) is 3. The first-order valence-electron chi connectivity index (χ1n) is 5.39. The first-order chi connectivity index (χ1) is 7.27. The summed E-state index contributed by atoms with van der Waals surface area (Å²) < 4.78 is 10.6. The summed E-state index contributed by atoms with van der Waals surface area (Å²) in [5.74, 6) is 0.0278. The Bertz CT molecular complexity index is 231. The van der Waals surface area contributed by atoms with E-state index < -0.39 is 6.10 Å². The number of rotatable bonds is 1. The Morgan fingerprint density at radius 2 is 2.27 bits per heavy atom. The highest BCUT2D eigenvalue weighted by atomic mass is 35.5. The third-order valence-electron chi connectivity index (χ3n) is 2.77. The molecule has 0 spiro atoms. The number of piperidine rings is 1. The first-order valence-corrected chi connectivity index (χ1v) is 5.83. The lowest BCUT2D eigenvalue weighted by Crippen LogP contribution is -2.49. The number of likely N-dealkylation sites (tertiary alicyclic amines) is 1. The van der Waals surface area contributed by atoms with Gasteiger partial charge in [-0.05, 0) is 12.8 Å². The van der Waals surface area contributed by atoms with Crippen molar-refractivity contribution in [3.63, 3.8) is 0 Å². The molecule has 0 aromatic carbocycles. The minimum absolute atomic E-state index is 0.0278. The fourth-order valence-electron chi connectivity index (χ4n) is 1.96. The van der Waals surface area contributed by atoms with E-state index in [-0.39, 0.29) is 11.3 Å². The van der Waals surface area contributed by atoms with Crippen LogP contribution in [0, 0.1) is 0 Å². The van der Waals surface area contributed by atoms with Gasteiger partial charge in [0.2, 0.25) is 0 Å². The van der Waals surface area contributed by atoms with Gasteiger partial charge in [-0.25, -0.2) is 0 Å². The molecule has 4 nitrogen and oxygen atoms in total. The van der Waals surface area contributed by atoms with Gasteiger partial charge in [-0.15, -0.1) is 11.6 Å². The summed E-state index contributed by atoms with van der Waals surface area (Å²) in [5, 5.41) is 0.0900. The van der Waals surface area contributed by atoms with Crippen LogP contribution in [0.25, 0.3) is 0 Å². The maximum atomic E-state index is 12.0. The summed E-state index contributed by atoms with van der Waals surface area (Å²) in [5.41, 5.74) is 0. The lowest BCUT2D eigenvalue weighted by Gasteiger charge is -2.33. The number of carbonyl (C=O) groups is 1. The molecule has 2 heterocycles. The number of hydrogen-bond donors (Lipinski definition) is 0. The Morgan fingerprint density at radius 1 is 1.40 bits per heavy atom. The van der Waals surface area contributed by atoms with Gasteiger partial charge < -0.3 is 14.4 Å². The highest BCUT2D eigenvalue weighted by molar-refractivity contribution is 6.20. The lowest BCUT2D eigenvalue weighted by atomic mass is 10.1. The van der Waals surface area contributed by atoms with Crippen LogP contribution < -0.4 is 0 Å². The second-order valence-corrected chi connectivity index (χ2v) is 4.58. The topological polar surface area (TPSA) is 38.8 Å². The molecule has 1 amide bonds. The van der Waals surface area contributed by atoms with Crippen LogP contribution >= 0.6 is 11.6 Å². The number of ether oxygens (including phenoxy) is 2. The molecule has 2 atom stereocenters. The third kappa shape index (κ3) is 2.83. The Balaban J connectivity index is 1.88. The summed E-state index contributed by atoms with van der Waals surface area (Å²) >= 11 is 6.03. The molecule has 2 aliphatic heterocycles. The van der Waals surface area contributed by atoms with Crippen molar-refractivity contribution in [2.24, 2.45) is 0 Å². The van der Waals surface area contributed by atoms with Crippen molar-refractivity contribution in [2.75, 3.05) is 32.9 Å². The average molecular weight is 234 g/mol. The number of carbonyl (C=O) groups excluding carboxylic acids is 1. The average Bonchev–Trinajstić information content (AvgIpc) is 2.29. The van der Waals surface area contributed by atoms with Gasteiger partial charge in [-0.1, -0.05) is 0 Å². The van der Waals surface area contributed by atoms with Crippen molar-refractivity contribution in [2.45, 2.75) is 24.3 Å². The van der Waals surface area contributed by atoms with Crippen LogP contribution in [0.3, 0.4) is 0 Å². The highest BCUT2D eigenvalue weighted by Crippen LogP contribution is 2.17. The van der Waals surface area contributed by atoms with E-state index >= 15 is 0 Å². The van der Waals surface area contributed by atoms with Gasteiger partial charge in [0.05, 0.1) is 25.2 Å². The van der Waals surface area contributed by atoms with E-state index in [4.69, 9.17) is 21.1 Å². The molecule has 5 heteroatoms. The summed E-state index contributed by atoms with van der Waals surface area (Å²) in [6.45, 7) is 2.90. The van der Waals surface area contributed by atoms with Gasteiger partial charge in [0.15, 0.2) is 6.10 Å². The molecule has 86 valence electrons. The molecule has 2 unspecified atom stereocenters.